The van der Waals surface area contributed by atoms with Gasteiger partial charge in [0.25, 0.3) is 5.56 Å². The summed E-state index contributed by atoms with van der Waals surface area (Å²) in [5, 5.41) is 2.81. The highest BCUT2D eigenvalue weighted by atomic mass is 16.5. The molecule has 1 aliphatic rings. The van der Waals surface area contributed by atoms with Gasteiger partial charge in [-0.05, 0) is 25.5 Å². The summed E-state index contributed by atoms with van der Waals surface area (Å²) in [5.74, 6) is 1.47. The fourth-order valence-corrected chi connectivity index (χ4v) is 3.17. The van der Waals surface area contributed by atoms with Crippen LogP contribution in [0.3, 0.4) is 0 Å². The summed E-state index contributed by atoms with van der Waals surface area (Å²) >= 11 is 0. The van der Waals surface area contributed by atoms with Crippen molar-refractivity contribution in [1.29, 1.82) is 0 Å². The number of carbonyl (C=O) groups excluding carboxylic acids is 1. The third-order valence-electron chi connectivity index (χ3n) is 4.81. The zero-order chi connectivity index (χ0) is 20.8. The number of carbonyl (C=O) groups is 1. The number of H-pyrrole nitrogens is 1. The topological polar surface area (TPSA) is 106 Å². The number of methoxy groups -OCH3 is 2. The molecule has 0 spiro atoms. The van der Waals surface area contributed by atoms with Crippen molar-refractivity contribution in [3.05, 3.63) is 39.8 Å². The Kier molecular flexibility index (Phi) is 6.71. The first-order valence-electron chi connectivity index (χ1n) is 9.46. The minimum Gasteiger partial charge on any atom is -0.497 e. The van der Waals surface area contributed by atoms with Crippen molar-refractivity contribution in [2.75, 3.05) is 50.7 Å². The van der Waals surface area contributed by atoms with E-state index in [9.17, 15) is 9.59 Å². The van der Waals surface area contributed by atoms with Crippen LogP contribution in [0.2, 0.25) is 0 Å². The summed E-state index contributed by atoms with van der Waals surface area (Å²) in [6.07, 6.45) is 0.444. The maximum Gasteiger partial charge on any atom is 0.255 e. The predicted octanol–water partition coefficient (Wildman–Crippen LogP) is 1.50. The van der Waals surface area contributed by atoms with Crippen LogP contribution in [0, 0.1) is 6.92 Å². The van der Waals surface area contributed by atoms with Crippen molar-refractivity contribution in [2.24, 2.45) is 0 Å². The number of nitrogens with zero attached hydrogens (tertiary/aromatic N) is 2. The highest BCUT2D eigenvalue weighted by Gasteiger charge is 2.17. The third-order valence-corrected chi connectivity index (χ3v) is 4.81. The van der Waals surface area contributed by atoms with Gasteiger partial charge in [-0.25, -0.2) is 4.98 Å². The Morgan fingerprint density at radius 2 is 2.03 bits per heavy atom. The van der Waals surface area contributed by atoms with Gasteiger partial charge in [-0.1, -0.05) is 0 Å². The quantitative estimate of drug-likeness (QED) is 0.723. The van der Waals surface area contributed by atoms with Crippen molar-refractivity contribution in [2.45, 2.75) is 19.8 Å². The van der Waals surface area contributed by atoms with Crippen LogP contribution in [0.5, 0.6) is 11.5 Å². The van der Waals surface area contributed by atoms with Gasteiger partial charge in [-0.3, -0.25) is 14.6 Å². The SMILES string of the molecule is COc1ccc(NC(=O)CCc2c(C)nc(N3CCOCC3)[nH]c2=O)c(OC)c1. The molecule has 156 valence electrons. The van der Waals surface area contributed by atoms with Crippen LogP contribution in [-0.2, 0) is 16.0 Å². The minimum absolute atomic E-state index is 0.150. The van der Waals surface area contributed by atoms with Crippen LogP contribution in [-0.4, -0.2) is 56.4 Å². The maximum atomic E-state index is 12.5. The van der Waals surface area contributed by atoms with Gasteiger partial charge in [0.15, 0.2) is 0 Å². The largest absolute Gasteiger partial charge is 0.497 e. The van der Waals surface area contributed by atoms with Crippen LogP contribution in [0.15, 0.2) is 23.0 Å². The maximum absolute atomic E-state index is 12.5. The highest BCUT2D eigenvalue weighted by molar-refractivity contribution is 5.92. The van der Waals surface area contributed by atoms with Gasteiger partial charge in [-0.2, -0.15) is 0 Å². The molecule has 2 heterocycles. The molecule has 0 saturated carbocycles. The molecule has 0 unspecified atom stereocenters. The van der Waals surface area contributed by atoms with E-state index in [1.165, 1.54) is 7.11 Å². The number of amides is 1. The molecule has 9 heteroatoms. The monoisotopic (exact) mass is 402 g/mol. The second-order valence-corrected chi connectivity index (χ2v) is 6.67. The molecule has 2 aromatic rings. The number of rotatable bonds is 7. The summed E-state index contributed by atoms with van der Waals surface area (Å²) in [6, 6.07) is 5.15. The van der Waals surface area contributed by atoms with Crippen molar-refractivity contribution in [3.8, 4) is 11.5 Å². The first-order chi connectivity index (χ1) is 14.0. The number of hydrogen-bond donors (Lipinski definition) is 2. The van der Waals surface area contributed by atoms with Gasteiger partial charge in [0.05, 0.1) is 33.1 Å². The van der Waals surface area contributed by atoms with Crippen LogP contribution in [0.25, 0.3) is 0 Å². The van der Waals surface area contributed by atoms with E-state index in [1.54, 1.807) is 32.2 Å². The average Bonchev–Trinajstić information content (AvgIpc) is 2.74. The molecule has 3 rings (SSSR count). The molecule has 1 saturated heterocycles. The second kappa shape index (κ2) is 9.42. The van der Waals surface area contributed by atoms with Crippen molar-refractivity contribution in [1.82, 2.24) is 9.97 Å². The Balaban J connectivity index is 1.65. The lowest BCUT2D eigenvalue weighted by Gasteiger charge is -2.27. The summed E-state index contributed by atoms with van der Waals surface area (Å²) in [7, 11) is 3.08. The zero-order valence-corrected chi connectivity index (χ0v) is 16.9. The summed E-state index contributed by atoms with van der Waals surface area (Å²) in [6.45, 7) is 4.39. The van der Waals surface area contributed by atoms with E-state index in [2.05, 4.69) is 15.3 Å². The lowest BCUT2D eigenvalue weighted by molar-refractivity contribution is -0.116. The van der Waals surface area contributed by atoms with Crippen LogP contribution < -0.4 is 25.2 Å². The molecule has 9 nitrogen and oxygen atoms in total. The number of aromatic nitrogens is 2. The van der Waals surface area contributed by atoms with Gasteiger partial charge in [0.1, 0.15) is 11.5 Å². The van der Waals surface area contributed by atoms with Crippen molar-refractivity contribution in [3.63, 3.8) is 0 Å². The van der Waals surface area contributed by atoms with E-state index in [0.29, 0.717) is 67.1 Å². The molecule has 0 aliphatic carbocycles. The first-order valence-corrected chi connectivity index (χ1v) is 9.46. The van der Waals surface area contributed by atoms with E-state index < -0.39 is 0 Å². The fourth-order valence-electron chi connectivity index (χ4n) is 3.17. The van der Waals surface area contributed by atoms with Gasteiger partial charge in [0, 0.05) is 36.8 Å². The smallest absolute Gasteiger partial charge is 0.255 e. The van der Waals surface area contributed by atoms with Gasteiger partial charge in [-0.15, -0.1) is 0 Å². The molecule has 1 amide bonds. The number of nitrogens with one attached hydrogen (secondary N) is 2. The lowest BCUT2D eigenvalue weighted by atomic mass is 10.1. The summed E-state index contributed by atoms with van der Waals surface area (Å²) < 4.78 is 15.8. The average molecular weight is 402 g/mol. The molecule has 1 fully saturated rings. The van der Waals surface area contributed by atoms with Crippen molar-refractivity contribution < 1.29 is 19.0 Å². The second-order valence-electron chi connectivity index (χ2n) is 6.67. The van der Waals surface area contributed by atoms with Crippen LogP contribution in [0.1, 0.15) is 17.7 Å². The van der Waals surface area contributed by atoms with E-state index in [4.69, 9.17) is 14.2 Å². The molecule has 1 aliphatic heterocycles. The molecular formula is C20H26N4O5. The zero-order valence-electron chi connectivity index (χ0n) is 16.9. The van der Waals surface area contributed by atoms with Gasteiger partial charge >= 0.3 is 0 Å². The number of benzene rings is 1. The number of hydrogen-bond acceptors (Lipinski definition) is 7. The molecule has 0 atom stereocenters. The Labute approximate surface area is 169 Å². The molecule has 0 radical (unpaired) electrons. The summed E-state index contributed by atoms with van der Waals surface area (Å²) in [4.78, 5) is 34.3. The third kappa shape index (κ3) is 5.05. The van der Waals surface area contributed by atoms with Crippen molar-refractivity contribution >= 4 is 17.5 Å². The number of anilines is 2. The Bertz CT molecular complexity index is 922. The first kappa shape index (κ1) is 20.7. The number of ether oxygens (including phenoxy) is 3. The number of morpholine rings is 1. The lowest BCUT2D eigenvalue weighted by Crippen LogP contribution is -2.38. The standard InChI is InChI=1S/C20H26N4O5/c1-13-15(19(26)23-20(21-13)24-8-10-29-11-9-24)5-7-18(25)22-16-6-4-14(27-2)12-17(16)28-3/h4,6,12H,5,7-11H2,1-3H3,(H,22,25)(H,21,23,26). The van der Waals surface area contributed by atoms with Gasteiger partial charge < -0.3 is 24.4 Å². The fraction of sp³-hybridized carbons (Fsp3) is 0.450. The highest BCUT2D eigenvalue weighted by Crippen LogP contribution is 2.29. The Hall–Kier alpha value is -3.07. The molecular weight excluding hydrogens is 376 g/mol. The van der Waals surface area contributed by atoms with E-state index in [1.807, 2.05) is 4.90 Å². The van der Waals surface area contributed by atoms with E-state index in [-0.39, 0.29) is 17.9 Å². The molecule has 1 aromatic carbocycles. The molecule has 0 bridgehead atoms. The Morgan fingerprint density at radius 3 is 2.69 bits per heavy atom. The van der Waals surface area contributed by atoms with Crippen LogP contribution in [0.4, 0.5) is 11.6 Å². The molecule has 1 aromatic heterocycles. The number of aryl methyl sites for hydroxylation is 1. The molecule has 29 heavy (non-hydrogen) atoms. The van der Waals surface area contributed by atoms with E-state index in [0.717, 1.165) is 0 Å². The van der Waals surface area contributed by atoms with E-state index >= 15 is 0 Å². The summed E-state index contributed by atoms with van der Waals surface area (Å²) in [5.41, 5.74) is 1.47. The molecule has 2 N–H and O–H groups in total. The predicted molar refractivity (Wildman–Crippen MR) is 109 cm³/mol. The van der Waals surface area contributed by atoms with Crippen LogP contribution >= 0.6 is 0 Å². The van der Waals surface area contributed by atoms with Gasteiger partial charge in [0.2, 0.25) is 11.9 Å². The number of aromatic amines is 1. The normalized spacial score (nSPS) is 13.8. The Morgan fingerprint density at radius 1 is 1.28 bits per heavy atom. The minimum atomic E-state index is -0.218.